The molecule has 0 saturated carbocycles. The van der Waals surface area contributed by atoms with Crippen LogP contribution in [0.1, 0.15) is 17.3 Å². The molecule has 1 unspecified atom stereocenters. The first-order chi connectivity index (χ1) is 12.0. The van der Waals surface area contributed by atoms with Crippen LogP contribution in [-0.2, 0) is 14.3 Å². The normalized spacial score (nSPS) is 15.3. The fraction of sp³-hybridized carbons (Fsp3) is 0.200. The van der Waals surface area contributed by atoms with Crippen LogP contribution in [0.3, 0.4) is 0 Å². The molecule has 3 rings (SSSR count). The van der Waals surface area contributed by atoms with Crippen molar-refractivity contribution in [2.75, 3.05) is 13.2 Å². The van der Waals surface area contributed by atoms with Crippen LogP contribution in [0.5, 0.6) is 5.75 Å². The molecule has 25 heavy (non-hydrogen) atoms. The Morgan fingerprint density at radius 2 is 1.64 bits per heavy atom. The van der Waals surface area contributed by atoms with Crippen molar-refractivity contribution in [1.82, 2.24) is 0 Å². The minimum absolute atomic E-state index is 0.0562. The van der Waals surface area contributed by atoms with Crippen LogP contribution in [-0.4, -0.2) is 31.3 Å². The van der Waals surface area contributed by atoms with Gasteiger partial charge in [-0.25, -0.2) is 9.59 Å². The molecule has 128 valence electrons. The lowest BCUT2D eigenvalue weighted by atomic mass is 10.0. The minimum Gasteiger partial charge on any atom is -0.459 e. The van der Waals surface area contributed by atoms with E-state index in [0.717, 1.165) is 11.1 Å². The van der Waals surface area contributed by atoms with Crippen molar-refractivity contribution in [3.8, 4) is 16.9 Å². The first kappa shape index (κ1) is 16.9. The van der Waals surface area contributed by atoms with Crippen molar-refractivity contribution in [3.05, 3.63) is 66.2 Å². The SMILES string of the molecule is C=C(C)C(=O)Oc1ccc(-c2ccc(C(=O)OCC3CO3)cc2)cc1. The van der Waals surface area contributed by atoms with Gasteiger partial charge in [0.15, 0.2) is 0 Å². The molecule has 2 aromatic carbocycles. The van der Waals surface area contributed by atoms with Crippen molar-refractivity contribution in [1.29, 1.82) is 0 Å². The van der Waals surface area contributed by atoms with Gasteiger partial charge in [0.2, 0.25) is 0 Å². The molecule has 1 aliphatic heterocycles. The van der Waals surface area contributed by atoms with E-state index in [9.17, 15) is 9.59 Å². The predicted octanol–water partition coefficient (Wildman–Crippen LogP) is 3.39. The molecule has 1 aliphatic rings. The Labute approximate surface area is 145 Å². The smallest absolute Gasteiger partial charge is 0.338 e. The van der Waals surface area contributed by atoms with Gasteiger partial charge >= 0.3 is 11.9 Å². The molecule has 5 nitrogen and oxygen atoms in total. The van der Waals surface area contributed by atoms with E-state index in [2.05, 4.69) is 6.58 Å². The summed E-state index contributed by atoms with van der Waals surface area (Å²) in [6, 6.07) is 14.3. The number of carbonyl (C=O) groups is 2. The summed E-state index contributed by atoms with van der Waals surface area (Å²) in [4.78, 5) is 23.4. The first-order valence-corrected chi connectivity index (χ1v) is 7.90. The maximum atomic E-state index is 11.9. The number of benzene rings is 2. The van der Waals surface area contributed by atoms with Gasteiger partial charge in [-0.2, -0.15) is 0 Å². The van der Waals surface area contributed by atoms with Crippen LogP contribution in [0.2, 0.25) is 0 Å². The second-order valence-corrected chi connectivity index (χ2v) is 5.83. The molecule has 1 heterocycles. The fourth-order valence-electron chi connectivity index (χ4n) is 2.12. The Balaban J connectivity index is 1.64. The van der Waals surface area contributed by atoms with E-state index in [1.807, 2.05) is 24.3 Å². The average Bonchev–Trinajstić information content (AvgIpc) is 3.45. The first-order valence-electron chi connectivity index (χ1n) is 7.90. The van der Waals surface area contributed by atoms with Crippen molar-refractivity contribution < 1.29 is 23.8 Å². The van der Waals surface area contributed by atoms with Gasteiger partial charge in [-0.05, 0) is 42.3 Å². The van der Waals surface area contributed by atoms with E-state index in [1.165, 1.54) is 0 Å². The van der Waals surface area contributed by atoms with Crippen molar-refractivity contribution in [3.63, 3.8) is 0 Å². The van der Waals surface area contributed by atoms with Gasteiger partial charge in [-0.15, -0.1) is 0 Å². The zero-order valence-electron chi connectivity index (χ0n) is 13.9. The number of ether oxygens (including phenoxy) is 3. The highest BCUT2D eigenvalue weighted by atomic mass is 16.6. The van der Waals surface area contributed by atoms with Gasteiger partial charge in [-0.3, -0.25) is 0 Å². The van der Waals surface area contributed by atoms with Crippen LogP contribution in [0.25, 0.3) is 11.1 Å². The molecule has 0 aromatic heterocycles. The predicted molar refractivity (Wildman–Crippen MR) is 92.3 cm³/mol. The number of esters is 2. The van der Waals surface area contributed by atoms with Gasteiger partial charge in [0.25, 0.3) is 0 Å². The van der Waals surface area contributed by atoms with E-state index < -0.39 is 5.97 Å². The Morgan fingerprint density at radius 3 is 2.16 bits per heavy atom. The highest BCUT2D eigenvalue weighted by molar-refractivity contribution is 5.90. The second kappa shape index (κ2) is 7.32. The molecule has 5 heteroatoms. The summed E-state index contributed by atoms with van der Waals surface area (Å²) >= 11 is 0. The topological polar surface area (TPSA) is 65.1 Å². The van der Waals surface area contributed by atoms with Gasteiger partial charge in [0.1, 0.15) is 18.5 Å². The number of rotatable bonds is 6. The lowest BCUT2D eigenvalue weighted by Gasteiger charge is -2.07. The molecule has 2 aromatic rings. The summed E-state index contributed by atoms with van der Waals surface area (Å²) in [5.74, 6) is -0.351. The van der Waals surface area contributed by atoms with Crippen molar-refractivity contribution in [2.45, 2.75) is 13.0 Å². The Bertz CT molecular complexity index is 786. The molecule has 0 radical (unpaired) electrons. The van der Waals surface area contributed by atoms with Gasteiger partial charge in [0.05, 0.1) is 12.2 Å². The lowest BCUT2D eigenvalue weighted by Crippen LogP contribution is -2.09. The summed E-state index contributed by atoms with van der Waals surface area (Å²) in [6.07, 6.45) is 0.0562. The van der Waals surface area contributed by atoms with Gasteiger partial charge in [0, 0.05) is 5.57 Å². The molecule has 1 atom stereocenters. The average molecular weight is 338 g/mol. The Hall–Kier alpha value is -2.92. The summed E-state index contributed by atoms with van der Waals surface area (Å²) < 4.78 is 15.3. The number of hydrogen-bond donors (Lipinski definition) is 0. The molecule has 0 aliphatic carbocycles. The van der Waals surface area contributed by atoms with E-state index >= 15 is 0 Å². The van der Waals surface area contributed by atoms with E-state index in [1.54, 1.807) is 31.2 Å². The van der Waals surface area contributed by atoms with Crippen molar-refractivity contribution >= 4 is 11.9 Å². The summed E-state index contributed by atoms with van der Waals surface area (Å²) in [7, 11) is 0. The number of epoxide rings is 1. The monoisotopic (exact) mass is 338 g/mol. The number of hydrogen-bond acceptors (Lipinski definition) is 5. The minimum atomic E-state index is -0.452. The third kappa shape index (κ3) is 4.55. The Kier molecular flexibility index (Phi) is 4.95. The van der Waals surface area contributed by atoms with Crippen molar-refractivity contribution in [2.24, 2.45) is 0 Å². The quantitative estimate of drug-likeness (QED) is 0.350. The summed E-state index contributed by atoms with van der Waals surface area (Å²) in [5.41, 5.74) is 2.73. The van der Waals surface area contributed by atoms with Crippen LogP contribution in [0, 0.1) is 0 Å². The van der Waals surface area contributed by atoms with E-state index in [0.29, 0.717) is 30.1 Å². The number of carbonyl (C=O) groups excluding carboxylic acids is 2. The highest BCUT2D eigenvalue weighted by Crippen LogP contribution is 2.23. The summed E-state index contributed by atoms with van der Waals surface area (Å²) in [6.45, 7) is 6.10. The van der Waals surface area contributed by atoms with Gasteiger partial charge < -0.3 is 14.2 Å². The second-order valence-electron chi connectivity index (χ2n) is 5.83. The van der Waals surface area contributed by atoms with Crippen LogP contribution in [0.15, 0.2) is 60.7 Å². The molecule has 0 amide bonds. The Morgan fingerprint density at radius 1 is 1.08 bits per heavy atom. The standard InChI is InChI=1S/C20H18O5/c1-13(2)19(21)25-17-9-7-15(8-10-17)14-3-5-16(6-4-14)20(22)24-12-18-11-23-18/h3-10,18H,1,11-12H2,2H3. The maximum absolute atomic E-state index is 11.9. The van der Waals surface area contributed by atoms with E-state index in [-0.39, 0.29) is 12.1 Å². The maximum Gasteiger partial charge on any atom is 0.338 e. The highest BCUT2D eigenvalue weighted by Gasteiger charge is 2.24. The zero-order chi connectivity index (χ0) is 17.8. The molecule has 0 bridgehead atoms. The summed E-state index contributed by atoms with van der Waals surface area (Å²) in [5, 5.41) is 0. The largest absolute Gasteiger partial charge is 0.459 e. The third-order valence-electron chi connectivity index (χ3n) is 3.67. The van der Waals surface area contributed by atoms with Crippen LogP contribution in [0.4, 0.5) is 0 Å². The lowest BCUT2D eigenvalue weighted by molar-refractivity contribution is -0.130. The fourth-order valence-corrected chi connectivity index (χ4v) is 2.12. The van der Waals surface area contributed by atoms with E-state index in [4.69, 9.17) is 14.2 Å². The van der Waals surface area contributed by atoms with Crippen LogP contribution >= 0.6 is 0 Å². The molecule has 1 saturated heterocycles. The van der Waals surface area contributed by atoms with Crippen LogP contribution < -0.4 is 4.74 Å². The zero-order valence-corrected chi connectivity index (χ0v) is 13.9. The molecular formula is C20H18O5. The third-order valence-corrected chi connectivity index (χ3v) is 3.67. The molecule has 0 N–H and O–H groups in total. The molecular weight excluding hydrogens is 320 g/mol. The molecule has 0 spiro atoms. The molecule has 1 fully saturated rings. The van der Waals surface area contributed by atoms with Gasteiger partial charge in [-0.1, -0.05) is 30.8 Å².